The molecule has 1 aliphatic rings. The smallest absolute Gasteiger partial charge is 0.325 e. The molecule has 0 bridgehead atoms. The van der Waals surface area contributed by atoms with E-state index in [2.05, 4.69) is 10.6 Å². The van der Waals surface area contributed by atoms with Gasteiger partial charge in [0, 0.05) is 10.7 Å². The molecule has 1 fully saturated rings. The van der Waals surface area contributed by atoms with Crippen molar-refractivity contribution in [1.29, 1.82) is 0 Å². The minimum atomic E-state index is -0.628. The van der Waals surface area contributed by atoms with E-state index in [0.717, 1.165) is 21.6 Å². The quantitative estimate of drug-likeness (QED) is 0.460. The summed E-state index contributed by atoms with van der Waals surface area (Å²) in [5, 5.41) is 5.86. The number of urea groups is 1. The molecule has 7 heteroatoms. The van der Waals surface area contributed by atoms with Gasteiger partial charge in [-0.25, -0.2) is 9.69 Å². The third-order valence-corrected chi connectivity index (χ3v) is 4.97. The molecule has 1 heterocycles. The van der Waals surface area contributed by atoms with Gasteiger partial charge in [0.1, 0.15) is 12.2 Å². The summed E-state index contributed by atoms with van der Waals surface area (Å²) in [6, 6.07) is 23.2. The Hall–Kier alpha value is -3.90. The van der Waals surface area contributed by atoms with Crippen LogP contribution in [0.5, 0.6) is 0 Å². The van der Waals surface area contributed by atoms with Gasteiger partial charge in [0.2, 0.25) is 5.91 Å². The Morgan fingerprint density at radius 3 is 2.16 bits per heavy atom. The van der Waals surface area contributed by atoms with Crippen molar-refractivity contribution in [2.45, 2.75) is 0 Å². The van der Waals surface area contributed by atoms with Gasteiger partial charge >= 0.3 is 6.03 Å². The van der Waals surface area contributed by atoms with Crippen LogP contribution in [0.25, 0.3) is 17.2 Å². The number of amides is 4. The Morgan fingerprint density at radius 1 is 0.903 bits per heavy atom. The summed E-state index contributed by atoms with van der Waals surface area (Å²) in [5.74, 6) is -1.00. The predicted molar refractivity (Wildman–Crippen MR) is 120 cm³/mol. The molecule has 3 aromatic carbocycles. The number of carbonyl (C=O) groups excluding carboxylic acids is 3. The zero-order chi connectivity index (χ0) is 21.8. The molecule has 0 aliphatic carbocycles. The molecule has 0 saturated carbocycles. The van der Waals surface area contributed by atoms with Gasteiger partial charge < -0.3 is 10.6 Å². The first-order valence-electron chi connectivity index (χ1n) is 9.55. The summed E-state index contributed by atoms with van der Waals surface area (Å²) >= 11 is 5.93. The molecule has 0 aromatic heterocycles. The van der Waals surface area contributed by atoms with Crippen molar-refractivity contribution in [3.63, 3.8) is 0 Å². The van der Waals surface area contributed by atoms with Crippen LogP contribution in [-0.4, -0.2) is 29.3 Å². The fourth-order valence-electron chi connectivity index (χ4n) is 3.16. The van der Waals surface area contributed by atoms with Crippen molar-refractivity contribution < 1.29 is 14.4 Å². The van der Waals surface area contributed by atoms with Crippen LogP contribution >= 0.6 is 11.6 Å². The Balaban J connectivity index is 1.44. The number of imide groups is 1. The van der Waals surface area contributed by atoms with E-state index in [1.807, 2.05) is 54.6 Å². The molecular weight excluding hydrogens is 414 g/mol. The highest BCUT2D eigenvalue weighted by molar-refractivity contribution is 6.30. The lowest BCUT2D eigenvalue weighted by Gasteiger charge is -2.11. The molecule has 6 nitrogen and oxygen atoms in total. The Labute approximate surface area is 184 Å². The Bertz CT molecular complexity index is 1160. The molecule has 154 valence electrons. The van der Waals surface area contributed by atoms with Crippen molar-refractivity contribution in [3.8, 4) is 11.1 Å². The maximum Gasteiger partial charge on any atom is 0.329 e. The molecule has 4 amide bonds. The van der Waals surface area contributed by atoms with Crippen molar-refractivity contribution in [2.24, 2.45) is 0 Å². The maximum atomic E-state index is 12.6. The van der Waals surface area contributed by atoms with Crippen LogP contribution in [0, 0.1) is 0 Å². The average molecular weight is 432 g/mol. The van der Waals surface area contributed by atoms with E-state index in [0.29, 0.717) is 10.7 Å². The van der Waals surface area contributed by atoms with Crippen LogP contribution in [0.15, 0.2) is 84.6 Å². The number of para-hydroxylation sites is 1. The SMILES string of the molecule is O=C(CN1C(=O)N/C(=C\c2ccc(-c3ccc(Cl)cc3)cc2)C1=O)Nc1ccccc1. The molecule has 0 spiro atoms. The highest BCUT2D eigenvalue weighted by atomic mass is 35.5. The molecular formula is C24H18ClN3O3. The first-order valence-corrected chi connectivity index (χ1v) is 9.93. The van der Waals surface area contributed by atoms with Crippen LogP contribution in [0.3, 0.4) is 0 Å². The van der Waals surface area contributed by atoms with Gasteiger partial charge in [-0.05, 0) is 47.0 Å². The van der Waals surface area contributed by atoms with Crippen molar-refractivity contribution in [3.05, 3.63) is 95.1 Å². The van der Waals surface area contributed by atoms with E-state index < -0.39 is 17.8 Å². The van der Waals surface area contributed by atoms with Crippen LogP contribution in [0.1, 0.15) is 5.56 Å². The monoisotopic (exact) mass is 431 g/mol. The summed E-state index contributed by atoms with van der Waals surface area (Å²) in [6.45, 7) is -0.369. The lowest BCUT2D eigenvalue weighted by molar-refractivity contribution is -0.127. The molecule has 0 radical (unpaired) electrons. The fraction of sp³-hybridized carbons (Fsp3) is 0.0417. The predicted octanol–water partition coefficient (Wildman–Crippen LogP) is 4.54. The normalized spacial score (nSPS) is 14.6. The topological polar surface area (TPSA) is 78.5 Å². The number of rotatable bonds is 5. The third kappa shape index (κ3) is 4.82. The second-order valence-electron chi connectivity index (χ2n) is 6.92. The lowest BCUT2D eigenvalue weighted by atomic mass is 10.0. The molecule has 31 heavy (non-hydrogen) atoms. The number of hydrogen-bond donors (Lipinski definition) is 2. The standard InChI is InChI=1S/C24H18ClN3O3/c25-19-12-10-18(11-13-19)17-8-6-16(7-9-17)14-21-23(30)28(24(31)27-21)15-22(29)26-20-4-2-1-3-5-20/h1-14H,15H2,(H,26,29)(H,27,31)/b21-14-. The van der Waals surface area contributed by atoms with E-state index in [4.69, 9.17) is 11.6 Å². The fourth-order valence-corrected chi connectivity index (χ4v) is 3.29. The van der Waals surface area contributed by atoms with Crippen molar-refractivity contribution >= 4 is 41.2 Å². The van der Waals surface area contributed by atoms with Gasteiger partial charge in [-0.1, -0.05) is 66.2 Å². The van der Waals surface area contributed by atoms with E-state index in [9.17, 15) is 14.4 Å². The third-order valence-electron chi connectivity index (χ3n) is 4.72. The molecule has 0 atom stereocenters. The second-order valence-corrected chi connectivity index (χ2v) is 7.36. The van der Waals surface area contributed by atoms with Gasteiger partial charge in [0.15, 0.2) is 0 Å². The minimum absolute atomic E-state index is 0.122. The van der Waals surface area contributed by atoms with Crippen molar-refractivity contribution in [2.75, 3.05) is 11.9 Å². The molecule has 1 aliphatic heterocycles. The summed E-state index contributed by atoms with van der Waals surface area (Å²) in [6.07, 6.45) is 1.58. The maximum absolute atomic E-state index is 12.6. The largest absolute Gasteiger partial charge is 0.329 e. The van der Waals surface area contributed by atoms with Gasteiger partial charge in [-0.3, -0.25) is 9.59 Å². The van der Waals surface area contributed by atoms with E-state index in [-0.39, 0.29) is 12.2 Å². The van der Waals surface area contributed by atoms with Crippen LogP contribution in [0.2, 0.25) is 5.02 Å². The zero-order valence-electron chi connectivity index (χ0n) is 16.3. The molecule has 1 saturated heterocycles. The number of nitrogens with one attached hydrogen (secondary N) is 2. The lowest BCUT2D eigenvalue weighted by Crippen LogP contribution is -2.38. The summed E-state index contributed by atoms with van der Waals surface area (Å²) < 4.78 is 0. The van der Waals surface area contributed by atoms with Gasteiger partial charge in [-0.15, -0.1) is 0 Å². The van der Waals surface area contributed by atoms with E-state index in [1.165, 1.54) is 0 Å². The highest BCUT2D eigenvalue weighted by Crippen LogP contribution is 2.23. The van der Waals surface area contributed by atoms with E-state index >= 15 is 0 Å². The highest BCUT2D eigenvalue weighted by Gasteiger charge is 2.34. The molecule has 0 unspecified atom stereocenters. The zero-order valence-corrected chi connectivity index (χ0v) is 17.1. The molecule has 3 aromatic rings. The Morgan fingerprint density at radius 2 is 1.52 bits per heavy atom. The average Bonchev–Trinajstić information content (AvgIpc) is 3.03. The number of halogens is 1. The van der Waals surface area contributed by atoms with Gasteiger partial charge in [0.25, 0.3) is 5.91 Å². The Kier molecular flexibility index (Phi) is 5.82. The second kappa shape index (κ2) is 8.85. The summed E-state index contributed by atoms with van der Waals surface area (Å²) in [5.41, 5.74) is 3.48. The minimum Gasteiger partial charge on any atom is -0.325 e. The molecule has 4 rings (SSSR count). The summed E-state index contributed by atoms with van der Waals surface area (Å²) in [7, 11) is 0. The number of anilines is 1. The van der Waals surface area contributed by atoms with Gasteiger partial charge in [-0.2, -0.15) is 0 Å². The number of nitrogens with zero attached hydrogens (tertiary/aromatic N) is 1. The van der Waals surface area contributed by atoms with Crippen LogP contribution in [-0.2, 0) is 9.59 Å². The first-order chi connectivity index (χ1) is 15.0. The number of hydrogen-bond acceptors (Lipinski definition) is 3. The van der Waals surface area contributed by atoms with Crippen LogP contribution < -0.4 is 10.6 Å². The van der Waals surface area contributed by atoms with Crippen LogP contribution in [0.4, 0.5) is 10.5 Å². The number of carbonyl (C=O) groups is 3. The summed E-state index contributed by atoms with van der Waals surface area (Å²) in [4.78, 5) is 37.9. The number of benzene rings is 3. The van der Waals surface area contributed by atoms with Crippen molar-refractivity contribution in [1.82, 2.24) is 10.2 Å². The first kappa shape index (κ1) is 20.4. The van der Waals surface area contributed by atoms with E-state index in [1.54, 1.807) is 30.3 Å². The van der Waals surface area contributed by atoms with Gasteiger partial charge in [0.05, 0.1) is 0 Å². The molecule has 2 N–H and O–H groups in total.